The minimum absolute atomic E-state index is 0.191. The maximum atomic E-state index is 13.1. The summed E-state index contributed by atoms with van der Waals surface area (Å²) in [5, 5.41) is 6.33. The average Bonchev–Trinajstić information content (AvgIpc) is 3.27. The van der Waals surface area contributed by atoms with Crippen LogP contribution in [0.25, 0.3) is 11.6 Å². The number of halogens is 1. The number of nitrogens with zero attached hydrogens (tertiary/aromatic N) is 2. The number of aromatic amines is 1. The molecule has 1 aliphatic rings. The van der Waals surface area contributed by atoms with E-state index in [1.165, 1.54) is 17.7 Å². The van der Waals surface area contributed by atoms with Crippen LogP contribution < -0.4 is 15.5 Å². The predicted octanol–water partition coefficient (Wildman–Crippen LogP) is 4.64. The van der Waals surface area contributed by atoms with E-state index in [1.807, 2.05) is 31.3 Å². The van der Waals surface area contributed by atoms with Gasteiger partial charge in [0, 0.05) is 42.8 Å². The predicted molar refractivity (Wildman–Crippen MR) is 118 cm³/mol. The highest BCUT2D eigenvalue weighted by molar-refractivity contribution is 5.95. The molecule has 3 N–H and O–H groups in total. The van der Waals surface area contributed by atoms with Gasteiger partial charge < -0.3 is 15.6 Å². The number of amides is 2. The van der Waals surface area contributed by atoms with E-state index in [0.29, 0.717) is 13.1 Å². The van der Waals surface area contributed by atoms with Crippen molar-refractivity contribution in [3.05, 3.63) is 77.6 Å². The number of H-pyrrole nitrogens is 1. The Morgan fingerprint density at radius 2 is 2.10 bits per heavy atom. The Labute approximate surface area is 174 Å². The van der Waals surface area contributed by atoms with Gasteiger partial charge in [-0.3, -0.25) is 4.90 Å². The standard InChI is InChI=1S/C23H24FN5O/c1-2-29(23(30)27-13-16-3-5-18(24)6-4-16)20-7-8-22-21(12-20)17(9-10-26-22)11-19-14-25-15-28-19/h3-8,11-12,14-15,26H,2,9-10,13H2,1H3,(H,25,28)(H,27,30)/b17-11+. The van der Waals surface area contributed by atoms with Crippen LogP contribution in [0, 0.1) is 5.82 Å². The van der Waals surface area contributed by atoms with Crippen LogP contribution in [0.3, 0.4) is 0 Å². The van der Waals surface area contributed by atoms with Crippen molar-refractivity contribution < 1.29 is 9.18 Å². The molecule has 1 aliphatic heterocycles. The molecule has 4 rings (SSSR count). The van der Waals surface area contributed by atoms with Crippen LogP contribution in [0.1, 0.15) is 30.2 Å². The van der Waals surface area contributed by atoms with E-state index in [0.717, 1.165) is 41.2 Å². The summed E-state index contributed by atoms with van der Waals surface area (Å²) in [6.45, 7) is 3.67. The molecule has 3 aromatic rings. The van der Waals surface area contributed by atoms with Crippen molar-refractivity contribution in [3.63, 3.8) is 0 Å². The number of anilines is 2. The maximum Gasteiger partial charge on any atom is 0.322 e. The molecule has 6 nitrogen and oxygen atoms in total. The summed E-state index contributed by atoms with van der Waals surface area (Å²) in [6.07, 6.45) is 6.48. The Balaban J connectivity index is 1.54. The van der Waals surface area contributed by atoms with Crippen molar-refractivity contribution in [3.8, 4) is 0 Å². The zero-order valence-corrected chi connectivity index (χ0v) is 16.8. The van der Waals surface area contributed by atoms with Crippen molar-refractivity contribution in [2.75, 3.05) is 23.3 Å². The van der Waals surface area contributed by atoms with Crippen LogP contribution in [0.4, 0.5) is 20.6 Å². The van der Waals surface area contributed by atoms with Gasteiger partial charge in [-0.2, -0.15) is 0 Å². The monoisotopic (exact) mass is 405 g/mol. The molecule has 0 fully saturated rings. The number of carbonyl (C=O) groups excluding carboxylic acids is 1. The summed E-state index contributed by atoms with van der Waals surface area (Å²) in [6, 6.07) is 11.9. The molecular formula is C23H24FN5O. The van der Waals surface area contributed by atoms with E-state index >= 15 is 0 Å². The van der Waals surface area contributed by atoms with Gasteiger partial charge in [0.15, 0.2) is 0 Å². The zero-order valence-electron chi connectivity index (χ0n) is 16.8. The molecular weight excluding hydrogens is 381 g/mol. The first-order chi connectivity index (χ1) is 14.6. The average molecular weight is 405 g/mol. The Bertz CT molecular complexity index is 1040. The fourth-order valence-corrected chi connectivity index (χ4v) is 3.58. The highest BCUT2D eigenvalue weighted by Crippen LogP contribution is 2.35. The molecule has 1 aromatic heterocycles. The Morgan fingerprint density at radius 1 is 1.27 bits per heavy atom. The summed E-state index contributed by atoms with van der Waals surface area (Å²) < 4.78 is 13.1. The van der Waals surface area contributed by atoms with Gasteiger partial charge in [-0.05, 0) is 60.9 Å². The van der Waals surface area contributed by atoms with Crippen molar-refractivity contribution >= 4 is 29.1 Å². The van der Waals surface area contributed by atoms with Gasteiger partial charge in [-0.25, -0.2) is 14.2 Å². The van der Waals surface area contributed by atoms with Gasteiger partial charge in [-0.15, -0.1) is 0 Å². The van der Waals surface area contributed by atoms with Crippen LogP contribution in [0.2, 0.25) is 0 Å². The molecule has 2 amide bonds. The van der Waals surface area contributed by atoms with E-state index in [2.05, 4.69) is 26.7 Å². The molecule has 0 aliphatic carbocycles. The number of imidazole rings is 1. The minimum Gasteiger partial charge on any atom is -0.384 e. The van der Waals surface area contributed by atoms with Gasteiger partial charge in [0.25, 0.3) is 0 Å². The molecule has 0 unspecified atom stereocenters. The smallest absolute Gasteiger partial charge is 0.322 e. The van der Waals surface area contributed by atoms with E-state index in [4.69, 9.17) is 0 Å². The van der Waals surface area contributed by atoms with E-state index in [9.17, 15) is 9.18 Å². The second kappa shape index (κ2) is 8.82. The highest BCUT2D eigenvalue weighted by Gasteiger charge is 2.19. The molecule has 0 saturated carbocycles. The SMILES string of the molecule is CCN(C(=O)NCc1ccc(F)cc1)c1ccc2c(c1)/C(=C/c1c[nH]cn1)CCN2. The van der Waals surface area contributed by atoms with E-state index < -0.39 is 0 Å². The molecule has 0 atom stereocenters. The fourth-order valence-electron chi connectivity index (χ4n) is 3.58. The molecule has 30 heavy (non-hydrogen) atoms. The Kier molecular flexibility index (Phi) is 5.79. The number of aromatic nitrogens is 2. The van der Waals surface area contributed by atoms with Gasteiger partial charge in [-0.1, -0.05) is 12.1 Å². The molecule has 2 heterocycles. The highest BCUT2D eigenvalue weighted by atomic mass is 19.1. The number of hydrogen-bond donors (Lipinski definition) is 3. The zero-order chi connectivity index (χ0) is 20.9. The van der Waals surface area contributed by atoms with Gasteiger partial charge in [0.1, 0.15) is 5.82 Å². The van der Waals surface area contributed by atoms with Crippen molar-refractivity contribution in [1.82, 2.24) is 15.3 Å². The second-order valence-electron chi connectivity index (χ2n) is 7.10. The lowest BCUT2D eigenvalue weighted by molar-refractivity contribution is 0.246. The third-order valence-corrected chi connectivity index (χ3v) is 5.13. The topological polar surface area (TPSA) is 73.0 Å². The minimum atomic E-state index is -0.290. The molecule has 154 valence electrons. The largest absolute Gasteiger partial charge is 0.384 e. The number of fused-ring (bicyclic) bond motifs is 1. The van der Waals surface area contributed by atoms with Crippen LogP contribution in [0.15, 0.2) is 55.0 Å². The summed E-state index contributed by atoms with van der Waals surface area (Å²) in [5.41, 5.74) is 5.86. The summed E-state index contributed by atoms with van der Waals surface area (Å²) >= 11 is 0. The quantitative estimate of drug-likeness (QED) is 0.579. The number of carbonyl (C=O) groups is 1. The van der Waals surface area contributed by atoms with E-state index in [-0.39, 0.29) is 11.8 Å². The Morgan fingerprint density at radius 3 is 2.83 bits per heavy atom. The molecule has 0 saturated heterocycles. The van der Waals surface area contributed by atoms with Crippen molar-refractivity contribution in [1.29, 1.82) is 0 Å². The number of nitrogens with one attached hydrogen (secondary N) is 3. The number of urea groups is 1. The van der Waals surface area contributed by atoms with E-state index in [1.54, 1.807) is 23.4 Å². The first-order valence-corrected chi connectivity index (χ1v) is 10.0. The van der Waals surface area contributed by atoms with Crippen molar-refractivity contribution in [2.45, 2.75) is 19.9 Å². The normalized spacial score (nSPS) is 14.1. The van der Waals surface area contributed by atoms with Gasteiger partial charge >= 0.3 is 6.03 Å². The third-order valence-electron chi connectivity index (χ3n) is 5.13. The summed E-state index contributed by atoms with van der Waals surface area (Å²) in [5.74, 6) is -0.290. The van der Waals surface area contributed by atoms with Gasteiger partial charge in [0.2, 0.25) is 0 Å². The fraction of sp³-hybridized carbons (Fsp3) is 0.217. The lowest BCUT2D eigenvalue weighted by atomic mass is 9.95. The maximum absolute atomic E-state index is 13.1. The van der Waals surface area contributed by atoms with Crippen LogP contribution in [0.5, 0.6) is 0 Å². The second-order valence-corrected chi connectivity index (χ2v) is 7.10. The van der Waals surface area contributed by atoms with Crippen LogP contribution in [-0.4, -0.2) is 29.1 Å². The summed E-state index contributed by atoms with van der Waals surface area (Å²) in [7, 11) is 0. The first-order valence-electron chi connectivity index (χ1n) is 10.0. The van der Waals surface area contributed by atoms with Crippen LogP contribution in [-0.2, 0) is 6.54 Å². The molecule has 2 aromatic carbocycles. The lowest BCUT2D eigenvalue weighted by Crippen LogP contribution is -2.39. The Hall–Kier alpha value is -3.61. The number of benzene rings is 2. The number of hydrogen-bond acceptors (Lipinski definition) is 3. The third kappa shape index (κ3) is 4.35. The summed E-state index contributed by atoms with van der Waals surface area (Å²) in [4.78, 5) is 21.8. The first kappa shape index (κ1) is 19.7. The van der Waals surface area contributed by atoms with Gasteiger partial charge in [0.05, 0.1) is 12.0 Å². The molecule has 7 heteroatoms. The molecule has 0 radical (unpaired) electrons. The number of rotatable bonds is 5. The van der Waals surface area contributed by atoms with Crippen LogP contribution >= 0.6 is 0 Å². The van der Waals surface area contributed by atoms with Crippen molar-refractivity contribution in [2.24, 2.45) is 0 Å². The lowest BCUT2D eigenvalue weighted by Gasteiger charge is -2.26. The molecule has 0 spiro atoms. The molecule has 0 bridgehead atoms.